The Kier molecular flexibility index (Phi) is 4.19. The molecule has 0 unspecified atom stereocenters. The van der Waals surface area contributed by atoms with Gasteiger partial charge in [-0.25, -0.2) is 4.98 Å². The molecule has 7 nitrogen and oxygen atoms in total. The van der Waals surface area contributed by atoms with Crippen LogP contribution in [0.4, 0.5) is 5.69 Å². The molecule has 2 heterocycles. The molecule has 0 spiro atoms. The number of carbonyl (C=O) groups excluding carboxylic acids is 2. The maximum absolute atomic E-state index is 11.9. The number of aromatic nitrogens is 3. The van der Waals surface area contributed by atoms with Gasteiger partial charge in [0.25, 0.3) is 11.8 Å². The maximum atomic E-state index is 11.9. The van der Waals surface area contributed by atoms with Crippen molar-refractivity contribution in [1.29, 1.82) is 0 Å². The molecule has 0 aliphatic heterocycles. The summed E-state index contributed by atoms with van der Waals surface area (Å²) in [5, 5.41) is 5.44. The van der Waals surface area contributed by atoms with Crippen molar-refractivity contribution in [3.63, 3.8) is 0 Å². The molecule has 2 amide bonds. The minimum atomic E-state index is -0.322. The van der Waals surface area contributed by atoms with E-state index in [0.29, 0.717) is 23.8 Å². The Labute approximate surface area is 116 Å². The van der Waals surface area contributed by atoms with E-state index >= 15 is 0 Å². The summed E-state index contributed by atoms with van der Waals surface area (Å²) in [4.78, 5) is 30.4. The molecule has 106 valence electrons. The Hall–Kier alpha value is -2.57. The predicted molar refractivity (Wildman–Crippen MR) is 74.6 cm³/mol. The first-order chi connectivity index (χ1) is 9.61. The lowest BCUT2D eigenvalue weighted by atomic mass is 10.3. The van der Waals surface area contributed by atoms with Gasteiger partial charge >= 0.3 is 0 Å². The van der Waals surface area contributed by atoms with Gasteiger partial charge in [0.1, 0.15) is 5.69 Å². The summed E-state index contributed by atoms with van der Waals surface area (Å²) in [6.07, 6.45) is 5.68. The summed E-state index contributed by atoms with van der Waals surface area (Å²) in [5.41, 5.74) is 0.938. The minimum Gasteiger partial charge on any atom is -0.355 e. The van der Waals surface area contributed by atoms with E-state index in [0.717, 1.165) is 6.42 Å². The van der Waals surface area contributed by atoms with Crippen LogP contribution in [0.3, 0.4) is 0 Å². The fourth-order valence-electron chi connectivity index (χ4n) is 1.70. The Morgan fingerprint density at radius 2 is 2.20 bits per heavy atom. The van der Waals surface area contributed by atoms with E-state index in [4.69, 9.17) is 0 Å². The lowest BCUT2D eigenvalue weighted by molar-refractivity contribution is 0.0948. The standard InChI is InChI=1S/C13H17N5O2/c1-3-4-15-12(19)10-7-9(8-16-10)17-13(20)11-14-5-6-18(11)2/h5-8,16H,3-4H2,1-2H3,(H,15,19)(H,17,20). The molecule has 0 fully saturated rings. The molecule has 2 rings (SSSR count). The molecule has 2 aromatic rings. The van der Waals surface area contributed by atoms with E-state index in [2.05, 4.69) is 20.6 Å². The fourth-order valence-corrected chi connectivity index (χ4v) is 1.70. The summed E-state index contributed by atoms with van der Waals surface area (Å²) in [7, 11) is 1.74. The molecule has 2 aromatic heterocycles. The highest BCUT2D eigenvalue weighted by atomic mass is 16.2. The highest BCUT2D eigenvalue weighted by molar-refractivity contribution is 6.02. The van der Waals surface area contributed by atoms with E-state index in [1.165, 1.54) is 0 Å². The highest BCUT2D eigenvalue weighted by Crippen LogP contribution is 2.11. The van der Waals surface area contributed by atoms with Gasteiger partial charge in [-0.05, 0) is 12.5 Å². The molecule has 0 radical (unpaired) electrons. The SMILES string of the molecule is CCCNC(=O)c1cc(NC(=O)c2nccn2C)c[nH]1. The van der Waals surface area contributed by atoms with E-state index in [1.54, 1.807) is 36.3 Å². The monoisotopic (exact) mass is 275 g/mol. The third-order valence-electron chi connectivity index (χ3n) is 2.75. The topological polar surface area (TPSA) is 91.8 Å². The number of H-pyrrole nitrogens is 1. The number of nitrogens with zero attached hydrogens (tertiary/aromatic N) is 2. The van der Waals surface area contributed by atoms with Gasteiger partial charge < -0.3 is 20.2 Å². The second kappa shape index (κ2) is 6.05. The van der Waals surface area contributed by atoms with Crippen molar-refractivity contribution in [1.82, 2.24) is 19.9 Å². The normalized spacial score (nSPS) is 10.3. The molecule has 3 N–H and O–H groups in total. The largest absolute Gasteiger partial charge is 0.355 e. The fraction of sp³-hybridized carbons (Fsp3) is 0.308. The first-order valence-electron chi connectivity index (χ1n) is 6.37. The first kappa shape index (κ1) is 13.9. The summed E-state index contributed by atoms with van der Waals surface area (Å²) in [6, 6.07) is 1.59. The van der Waals surface area contributed by atoms with Crippen molar-refractivity contribution in [2.45, 2.75) is 13.3 Å². The number of amides is 2. The van der Waals surface area contributed by atoms with E-state index in [1.807, 2.05) is 6.92 Å². The van der Waals surface area contributed by atoms with Crippen LogP contribution in [0, 0.1) is 0 Å². The molecule has 0 saturated carbocycles. The smallest absolute Gasteiger partial charge is 0.291 e. The number of carbonyl (C=O) groups is 2. The van der Waals surface area contributed by atoms with Gasteiger partial charge in [0.05, 0.1) is 5.69 Å². The van der Waals surface area contributed by atoms with Crippen LogP contribution in [0.1, 0.15) is 34.5 Å². The summed E-state index contributed by atoms with van der Waals surface area (Å²) in [5.74, 6) is -0.204. The average molecular weight is 275 g/mol. The number of rotatable bonds is 5. The van der Waals surface area contributed by atoms with Gasteiger partial charge in [-0.1, -0.05) is 6.92 Å². The Morgan fingerprint density at radius 1 is 1.40 bits per heavy atom. The Bertz CT molecular complexity index is 614. The predicted octanol–water partition coefficient (Wildman–Crippen LogP) is 1.14. The highest BCUT2D eigenvalue weighted by Gasteiger charge is 2.13. The first-order valence-corrected chi connectivity index (χ1v) is 6.37. The van der Waals surface area contributed by atoms with Gasteiger partial charge in [-0.3, -0.25) is 9.59 Å². The van der Waals surface area contributed by atoms with Crippen LogP contribution in [0.2, 0.25) is 0 Å². The average Bonchev–Trinajstić information content (AvgIpc) is 3.05. The zero-order valence-electron chi connectivity index (χ0n) is 11.4. The number of hydrogen-bond acceptors (Lipinski definition) is 3. The number of nitrogens with one attached hydrogen (secondary N) is 3. The van der Waals surface area contributed by atoms with Crippen molar-refractivity contribution < 1.29 is 9.59 Å². The zero-order valence-corrected chi connectivity index (χ0v) is 11.4. The lowest BCUT2D eigenvalue weighted by Crippen LogP contribution is -2.24. The van der Waals surface area contributed by atoms with Crippen LogP contribution < -0.4 is 10.6 Å². The lowest BCUT2D eigenvalue weighted by Gasteiger charge is -2.02. The van der Waals surface area contributed by atoms with Crippen molar-refractivity contribution in [2.75, 3.05) is 11.9 Å². The van der Waals surface area contributed by atoms with Gasteiger partial charge in [0.2, 0.25) is 0 Å². The molecule has 0 bridgehead atoms. The molecule has 0 aliphatic rings. The van der Waals surface area contributed by atoms with Crippen molar-refractivity contribution in [3.05, 3.63) is 36.2 Å². The van der Waals surface area contributed by atoms with Gasteiger partial charge in [-0.2, -0.15) is 0 Å². The Balaban J connectivity index is 2.01. The molecular formula is C13H17N5O2. The minimum absolute atomic E-state index is 0.190. The molecule has 0 saturated heterocycles. The number of aromatic amines is 1. The summed E-state index contributed by atoms with van der Waals surface area (Å²) < 4.78 is 1.62. The second-order valence-electron chi connectivity index (χ2n) is 4.37. The van der Waals surface area contributed by atoms with Crippen LogP contribution in [0.5, 0.6) is 0 Å². The van der Waals surface area contributed by atoms with Gasteiger partial charge in [-0.15, -0.1) is 0 Å². The number of aryl methyl sites for hydroxylation is 1. The number of imidazole rings is 1. The van der Waals surface area contributed by atoms with Crippen molar-refractivity contribution >= 4 is 17.5 Å². The number of hydrogen-bond donors (Lipinski definition) is 3. The van der Waals surface area contributed by atoms with Crippen LogP contribution in [0.25, 0.3) is 0 Å². The molecule has 0 aromatic carbocycles. The molecule has 0 aliphatic carbocycles. The maximum Gasteiger partial charge on any atom is 0.291 e. The Morgan fingerprint density at radius 3 is 2.85 bits per heavy atom. The van der Waals surface area contributed by atoms with Gasteiger partial charge in [0, 0.05) is 32.2 Å². The number of anilines is 1. The third kappa shape index (κ3) is 3.05. The summed E-state index contributed by atoms with van der Waals surface area (Å²) in [6.45, 7) is 2.60. The van der Waals surface area contributed by atoms with Crippen LogP contribution in [-0.2, 0) is 7.05 Å². The molecule has 7 heteroatoms. The third-order valence-corrected chi connectivity index (χ3v) is 2.75. The summed E-state index contributed by atoms with van der Waals surface area (Å²) >= 11 is 0. The van der Waals surface area contributed by atoms with E-state index in [-0.39, 0.29) is 11.8 Å². The zero-order chi connectivity index (χ0) is 14.5. The van der Waals surface area contributed by atoms with Crippen molar-refractivity contribution in [3.8, 4) is 0 Å². The van der Waals surface area contributed by atoms with Crippen LogP contribution >= 0.6 is 0 Å². The van der Waals surface area contributed by atoms with E-state index < -0.39 is 0 Å². The van der Waals surface area contributed by atoms with Gasteiger partial charge in [0.15, 0.2) is 5.82 Å². The molecule has 0 atom stereocenters. The van der Waals surface area contributed by atoms with Crippen molar-refractivity contribution in [2.24, 2.45) is 7.05 Å². The van der Waals surface area contributed by atoms with E-state index in [9.17, 15) is 9.59 Å². The molecular weight excluding hydrogens is 258 g/mol. The second-order valence-corrected chi connectivity index (χ2v) is 4.37. The molecule has 20 heavy (non-hydrogen) atoms. The van der Waals surface area contributed by atoms with Crippen LogP contribution in [-0.4, -0.2) is 32.9 Å². The van der Waals surface area contributed by atoms with Crippen LogP contribution in [0.15, 0.2) is 24.7 Å². The quantitative estimate of drug-likeness (QED) is 0.764.